The minimum Gasteiger partial charge on any atom is -0.360 e. The molecule has 3 aliphatic heterocycles. The number of ketones is 1. The van der Waals surface area contributed by atoms with Crippen LogP contribution in [-0.2, 0) is 17.8 Å². The summed E-state index contributed by atoms with van der Waals surface area (Å²) in [5.74, 6) is 0.439. The van der Waals surface area contributed by atoms with Gasteiger partial charge in [0.15, 0.2) is 16.8 Å². The number of hydrogen-bond donors (Lipinski definition) is 1. The lowest BCUT2D eigenvalue weighted by Gasteiger charge is -2.21. The van der Waals surface area contributed by atoms with E-state index in [0.717, 1.165) is 60.8 Å². The number of thioether (sulfide) groups is 1. The van der Waals surface area contributed by atoms with Gasteiger partial charge in [0.25, 0.3) is 5.56 Å². The van der Waals surface area contributed by atoms with Crippen LogP contribution in [0.3, 0.4) is 0 Å². The highest BCUT2D eigenvalue weighted by molar-refractivity contribution is 8.00. The molecular formula is C35H34N6O3S. The Balaban J connectivity index is 0.000000664. The molecule has 3 aliphatic rings. The minimum absolute atomic E-state index is 0.0119. The maximum Gasteiger partial charge on any atom is 0.284 e. The number of amides is 1. The van der Waals surface area contributed by atoms with Gasteiger partial charge in [0.05, 0.1) is 5.69 Å². The molecule has 1 atom stereocenters. The number of aromatic amines is 1. The van der Waals surface area contributed by atoms with Gasteiger partial charge < -0.3 is 14.5 Å². The summed E-state index contributed by atoms with van der Waals surface area (Å²) in [5.41, 5.74) is 4.60. The first kappa shape index (κ1) is 30.1. The molecule has 0 aliphatic carbocycles. The molecule has 45 heavy (non-hydrogen) atoms. The van der Waals surface area contributed by atoms with Gasteiger partial charge in [-0.25, -0.2) is 4.98 Å². The minimum atomic E-state index is -0.520. The zero-order chi connectivity index (χ0) is 31.3. The SMILES string of the molecule is CN(C)C=O.O=C(c1c[nH]c2ccccc12)C(Sc1nc2nn(-c3ccccc3)c(=O)c-2c2n1CCCCC2)c1ccccc1. The maximum absolute atomic E-state index is 14.2. The van der Waals surface area contributed by atoms with Gasteiger partial charge >= 0.3 is 0 Å². The number of para-hydroxylation sites is 2. The zero-order valence-corrected chi connectivity index (χ0v) is 26.0. The van der Waals surface area contributed by atoms with E-state index in [9.17, 15) is 14.4 Å². The fourth-order valence-corrected chi connectivity index (χ4v) is 6.82. The predicted octanol–water partition coefficient (Wildman–Crippen LogP) is 6.16. The van der Waals surface area contributed by atoms with Crippen LogP contribution in [0.4, 0.5) is 0 Å². The van der Waals surface area contributed by atoms with Crippen molar-refractivity contribution in [3.05, 3.63) is 118 Å². The first-order chi connectivity index (χ1) is 22.0. The number of carbonyl (C=O) groups excluding carboxylic acids is 2. The van der Waals surface area contributed by atoms with Gasteiger partial charge in [0, 0.05) is 49.0 Å². The summed E-state index contributed by atoms with van der Waals surface area (Å²) in [5, 5.41) is 5.77. The molecule has 3 aromatic carbocycles. The molecule has 4 aromatic rings. The Bertz CT molecular complexity index is 1960. The highest BCUT2D eigenvalue weighted by atomic mass is 32.2. The molecule has 4 heterocycles. The molecule has 0 radical (unpaired) electrons. The Morgan fingerprint density at radius 2 is 1.64 bits per heavy atom. The monoisotopic (exact) mass is 618 g/mol. The zero-order valence-electron chi connectivity index (χ0n) is 25.2. The van der Waals surface area contributed by atoms with Crippen LogP contribution < -0.4 is 5.56 Å². The van der Waals surface area contributed by atoms with E-state index in [1.165, 1.54) is 21.3 Å². The van der Waals surface area contributed by atoms with Crippen molar-refractivity contribution in [1.82, 2.24) is 29.2 Å². The van der Waals surface area contributed by atoms with Gasteiger partial charge in [-0.05, 0) is 43.0 Å². The number of H-pyrrole nitrogens is 1. The van der Waals surface area contributed by atoms with Crippen molar-refractivity contribution >= 4 is 34.9 Å². The maximum atomic E-state index is 14.2. The highest BCUT2D eigenvalue weighted by Crippen LogP contribution is 2.40. The van der Waals surface area contributed by atoms with E-state index in [1.54, 1.807) is 20.3 Å². The van der Waals surface area contributed by atoms with Crippen LogP contribution >= 0.6 is 11.8 Å². The highest BCUT2D eigenvalue weighted by Gasteiger charge is 2.31. The fourth-order valence-electron chi connectivity index (χ4n) is 5.61. The van der Waals surface area contributed by atoms with Crippen molar-refractivity contribution in [3.63, 3.8) is 0 Å². The van der Waals surface area contributed by atoms with Crippen molar-refractivity contribution in [2.24, 2.45) is 0 Å². The molecule has 0 saturated heterocycles. The van der Waals surface area contributed by atoms with Gasteiger partial charge in [-0.1, -0.05) is 84.9 Å². The quantitative estimate of drug-likeness (QED) is 0.0994. The fraction of sp³-hybridized carbons (Fsp3) is 0.229. The van der Waals surface area contributed by atoms with Crippen molar-refractivity contribution in [3.8, 4) is 17.1 Å². The van der Waals surface area contributed by atoms with Crippen molar-refractivity contribution in [1.29, 1.82) is 0 Å². The van der Waals surface area contributed by atoms with Crippen molar-refractivity contribution < 1.29 is 9.59 Å². The molecule has 0 spiro atoms. The van der Waals surface area contributed by atoms with E-state index in [-0.39, 0.29) is 11.3 Å². The van der Waals surface area contributed by atoms with E-state index in [2.05, 4.69) is 14.6 Å². The number of hydrogen-bond acceptors (Lipinski definition) is 6. The smallest absolute Gasteiger partial charge is 0.284 e. The second-order valence-corrected chi connectivity index (χ2v) is 12.2. The van der Waals surface area contributed by atoms with Gasteiger partial charge in [-0.2, -0.15) is 4.68 Å². The molecule has 7 rings (SSSR count). The molecule has 10 heteroatoms. The summed E-state index contributed by atoms with van der Waals surface area (Å²) in [6.07, 6.45) is 6.39. The molecule has 0 saturated carbocycles. The molecule has 0 fully saturated rings. The summed E-state index contributed by atoms with van der Waals surface area (Å²) in [4.78, 5) is 46.9. The predicted molar refractivity (Wildman–Crippen MR) is 177 cm³/mol. The van der Waals surface area contributed by atoms with E-state index in [0.29, 0.717) is 27.8 Å². The lowest BCUT2D eigenvalue weighted by atomic mass is 10.0. The number of nitrogens with one attached hydrogen (secondary N) is 1. The largest absolute Gasteiger partial charge is 0.360 e. The molecular weight excluding hydrogens is 584 g/mol. The second kappa shape index (κ2) is 13.4. The van der Waals surface area contributed by atoms with Crippen LogP contribution in [0.1, 0.15) is 46.1 Å². The third-order valence-electron chi connectivity index (χ3n) is 7.80. The topological polar surface area (TPSA) is 106 Å². The Morgan fingerprint density at radius 3 is 2.38 bits per heavy atom. The Hall–Kier alpha value is -4.96. The Morgan fingerprint density at radius 1 is 0.956 bits per heavy atom. The van der Waals surface area contributed by atoms with E-state index >= 15 is 0 Å². The summed E-state index contributed by atoms with van der Waals surface area (Å²) in [6.45, 7) is 0.749. The lowest BCUT2D eigenvalue weighted by Crippen LogP contribution is -2.20. The van der Waals surface area contributed by atoms with Gasteiger partial charge in [0.2, 0.25) is 6.41 Å². The summed E-state index contributed by atoms with van der Waals surface area (Å²) < 4.78 is 3.61. The number of fused-ring (bicyclic) bond motifs is 4. The molecule has 1 N–H and O–H groups in total. The Labute approximate surface area is 265 Å². The number of carbonyl (C=O) groups is 2. The van der Waals surface area contributed by atoms with E-state index < -0.39 is 5.25 Å². The van der Waals surface area contributed by atoms with Crippen LogP contribution in [-0.4, -0.2) is 55.5 Å². The van der Waals surface area contributed by atoms with Crippen molar-refractivity contribution in [2.75, 3.05) is 14.1 Å². The summed E-state index contributed by atoms with van der Waals surface area (Å²) >= 11 is 1.44. The van der Waals surface area contributed by atoms with Crippen LogP contribution in [0.15, 0.2) is 101 Å². The average Bonchev–Trinajstić information content (AvgIpc) is 3.55. The van der Waals surface area contributed by atoms with Gasteiger partial charge in [0.1, 0.15) is 10.8 Å². The molecule has 9 nitrogen and oxygen atoms in total. The normalized spacial score (nSPS) is 13.4. The first-order valence-electron chi connectivity index (χ1n) is 15.0. The first-order valence-corrected chi connectivity index (χ1v) is 15.9. The summed E-state index contributed by atoms with van der Waals surface area (Å²) in [7, 11) is 3.38. The molecule has 1 amide bonds. The lowest BCUT2D eigenvalue weighted by molar-refractivity contribution is -0.115. The van der Waals surface area contributed by atoms with Crippen molar-refractivity contribution in [2.45, 2.75) is 42.6 Å². The third-order valence-corrected chi connectivity index (χ3v) is 9.04. The molecule has 0 bridgehead atoms. The summed E-state index contributed by atoms with van der Waals surface area (Å²) in [6, 6.07) is 27.2. The van der Waals surface area contributed by atoms with Gasteiger partial charge in [-0.3, -0.25) is 14.4 Å². The van der Waals surface area contributed by atoms with Crippen LogP contribution in [0.5, 0.6) is 0 Å². The number of rotatable bonds is 7. The molecule has 1 unspecified atom stereocenters. The van der Waals surface area contributed by atoms with Crippen LogP contribution in [0.25, 0.3) is 28.0 Å². The number of nitrogens with zero attached hydrogens (tertiary/aromatic N) is 5. The molecule has 228 valence electrons. The number of aromatic nitrogens is 5. The van der Waals surface area contributed by atoms with Crippen LogP contribution in [0.2, 0.25) is 0 Å². The number of Topliss-reactive ketones (excluding diaryl/α,β-unsaturated/α-hetero) is 1. The van der Waals surface area contributed by atoms with E-state index in [1.807, 2.05) is 84.9 Å². The standard InChI is InChI=1S/C32H27N5O2S.C3H7NO/c38-28(24-20-33-25-17-10-9-16-23(24)25)29(21-12-4-1-5-13-21)40-32-34-30-27(26-18-8-3-11-19-36(26)32)31(39)37(35-30)22-14-6-2-7-15-22;1-4(2)3-5/h1-2,4-7,9-10,12-17,20,29,33H,3,8,11,18-19H2;3H,1-2H3. The second-order valence-electron chi connectivity index (χ2n) is 11.1. The number of benzene rings is 3. The third kappa shape index (κ3) is 6.19. The molecule has 1 aromatic heterocycles. The van der Waals surface area contributed by atoms with Gasteiger partial charge in [-0.15, -0.1) is 5.10 Å². The average molecular weight is 619 g/mol. The van der Waals surface area contributed by atoms with E-state index in [4.69, 9.17) is 4.98 Å². The van der Waals surface area contributed by atoms with Crippen LogP contribution in [0, 0.1) is 0 Å². The Kier molecular flexibility index (Phi) is 8.93.